The number of H-pyrrole nitrogens is 1. The molecular formula is C22H19F3N4O2. The molecule has 0 saturated carbocycles. The molecule has 1 fully saturated rings. The summed E-state index contributed by atoms with van der Waals surface area (Å²) in [6.45, 7) is 1.05. The molecule has 3 heterocycles. The Morgan fingerprint density at radius 1 is 1.13 bits per heavy atom. The highest BCUT2D eigenvalue weighted by molar-refractivity contribution is 5.82. The van der Waals surface area contributed by atoms with E-state index in [9.17, 15) is 18.3 Å². The van der Waals surface area contributed by atoms with E-state index >= 15 is 0 Å². The topological polar surface area (TPSA) is 78.2 Å². The number of nitrogens with one attached hydrogen (secondary N) is 1. The smallest absolute Gasteiger partial charge is 0.392 e. The molecule has 9 heteroatoms. The Morgan fingerprint density at radius 3 is 2.68 bits per heavy atom. The Balaban J connectivity index is 1.38. The second-order valence-corrected chi connectivity index (χ2v) is 7.73. The Morgan fingerprint density at radius 2 is 1.90 bits per heavy atom. The zero-order valence-corrected chi connectivity index (χ0v) is 16.3. The summed E-state index contributed by atoms with van der Waals surface area (Å²) in [4.78, 5) is 9.73. The number of halogens is 3. The fourth-order valence-corrected chi connectivity index (χ4v) is 4.09. The fourth-order valence-electron chi connectivity index (χ4n) is 4.09. The maximum atomic E-state index is 12.8. The summed E-state index contributed by atoms with van der Waals surface area (Å²) < 4.78 is 43.8. The molecule has 2 N–H and O–H groups in total. The van der Waals surface area contributed by atoms with Gasteiger partial charge in [-0.25, -0.2) is 0 Å². The molecular weight excluding hydrogens is 409 g/mol. The van der Waals surface area contributed by atoms with E-state index in [1.54, 1.807) is 0 Å². The number of fused-ring (bicyclic) bond motifs is 1. The number of benzene rings is 2. The second kappa shape index (κ2) is 7.51. The number of hydrogen-bond acceptors (Lipinski definition) is 5. The van der Waals surface area contributed by atoms with Gasteiger partial charge in [0.1, 0.15) is 0 Å². The van der Waals surface area contributed by atoms with Crippen LogP contribution in [0.1, 0.15) is 29.5 Å². The summed E-state index contributed by atoms with van der Waals surface area (Å²) in [5.74, 6) is 0.559. The van der Waals surface area contributed by atoms with E-state index in [4.69, 9.17) is 4.52 Å². The molecule has 4 aromatic rings. The molecule has 2 unspecified atom stereocenters. The van der Waals surface area contributed by atoms with Crippen molar-refractivity contribution < 1.29 is 22.8 Å². The van der Waals surface area contributed by atoms with Crippen molar-refractivity contribution >= 4 is 10.9 Å². The van der Waals surface area contributed by atoms with Crippen molar-refractivity contribution in [3.63, 3.8) is 0 Å². The van der Waals surface area contributed by atoms with Crippen LogP contribution in [0.4, 0.5) is 13.2 Å². The lowest BCUT2D eigenvalue weighted by molar-refractivity contribution is -0.137. The number of para-hydroxylation sites is 1. The first-order chi connectivity index (χ1) is 14.9. The second-order valence-electron chi connectivity index (χ2n) is 7.73. The highest BCUT2D eigenvalue weighted by Crippen LogP contribution is 2.35. The Bertz CT molecular complexity index is 1200. The van der Waals surface area contributed by atoms with Crippen molar-refractivity contribution in [1.82, 2.24) is 20.0 Å². The minimum absolute atomic E-state index is 0.220. The molecule has 5 rings (SSSR count). The highest BCUT2D eigenvalue weighted by atomic mass is 19.4. The minimum atomic E-state index is -4.40. The van der Waals surface area contributed by atoms with Gasteiger partial charge in [-0.1, -0.05) is 35.5 Å². The average Bonchev–Trinajstić information content (AvgIpc) is 3.47. The highest BCUT2D eigenvalue weighted by Gasteiger charge is 2.36. The van der Waals surface area contributed by atoms with E-state index in [1.807, 2.05) is 30.5 Å². The van der Waals surface area contributed by atoms with Gasteiger partial charge in [-0.15, -0.1) is 0 Å². The third-order valence-electron chi connectivity index (χ3n) is 5.63. The van der Waals surface area contributed by atoms with E-state index in [1.165, 1.54) is 12.1 Å². The molecule has 0 aliphatic carbocycles. The van der Waals surface area contributed by atoms with Crippen molar-refractivity contribution in [3.05, 3.63) is 71.7 Å². The van der Waals surface area contributed by atoms with E-state index in [2.05, 4.69) is 20.0 Å². The van der Waals surface area contributed by atoms with Crippen LogP contribution < -0.4 is 0 Å². The number of β-amino-alcohol motifs (C(OH)–C–C–N with tert-alkyl or cyclic N) is 1. The zero-order valence-electron chi connectivity index (χ0n) is 16.3. The van der Waals surface area contributed by atoms with Crippen LogP contribution in [-0.4, -0.2) is 37.8 Å². The number of alkyl halides is 3. The molecule has 2 atom stereocenters. The number of hydrogen-bond donors (Lipinski definition) is 2. The van der Waals surface area contributed by atoms with E-state index in [-0.39, 0.29) is 11.9 Å². The number of nitrogens with zero attached hydrogens (tertiary/aromatic N) is 3. The molecule has 1 saturated heterocycles. The monoisotopic (exact) mass is 428 g/mol. The van der Waals surface area contributed by atoms with Crippen LogP contribution >= 0.6 is 0 Å². The maximum absolute atomic E-state index is 12.8. The van der Waals surface area contributed by atoms with Crippen LogP contribution in [0.2, 0.25) is 0 Å². The van der Waals surface area contributed by atoms with Gasteiger partial charge < -0.3 is 14.6 Å². The summed E-state index contributed by atoms with van der Waals surface area (Å²) in [5, 5.41) is 15.3. The van der Waals surface area contributed by atoms with E-state index in [0.29, 0.717) is 31.0 Å². The Kier molecular flexibility index (Phi) is 4.79. The van der Waals surface area contributed by atoms with Crippen molar-refractivity contribution in [2.24, 2.45) is 0 Å². The molecule has 0 radical (unpaired) electrons. The molecule has 0 bridgehead atoms. The zero-order chi connectivity index (χ0) is 21.6. The van der Waals surface area contributed by atoms with Gasteiger partial charge in [-0.2, -0.15) is 18.2 Å². The summed E-state index contributed by atoms with van der Waals surface area (Å²) >= 11 is 0. The molecule has 0 amide bonds. The van der Waals surface area contributed by atoms with E-state index in [0.717, 1.165) is 28.6 Å². The first kappa shape index (κ1) is 19.8. The quantitative estimate of drug-likeness (QED) is 0.499. The van der Waals surface area contributed by atoms with Crippen LogP contribution in [0.25, 0.3) is 22.3 Å². The van der Waals surface area contributed by atoms with Crippen molar-refractivity contribution in [2.75, 3.05) is 6.54 Å². The van der Waals surface area contributed by atoms with Gasteiger partial charge in [-0.3, -0.25) is 4.90 Å². The summed E-state index contributed by atoms with van der Waals surface area (Å²) in [7, 11) is 0. The minimum Gasteiger partial charge on any atom is -0.392 e. The lowest BCUT2D eigenvalue weighted by atomic mass is 10.1. The number of likely N-dealkylation sites (tertiary alicyclic amines) is 1. The Labute approximate surface area is 175 Å². The summed E-state index contributed by atoms with van der Waals surface area (Å²) in [6.07, 6.45) is -2.54. The number of aromatic amines is 1. The standard InChI is InChI=1S/C22H19F3N4O2/c23-22(24,25)15-7-5-13(6-8-15)20-27-21(31-28-20)19-9-16(30)12-29(19)11-14-10-26-18-4-2-1-3-17(14)18/h1-8,10,16,19,26,30H,9,11-12H2. The SMILES string of the molecule is OC1CC(c2nc(-c3ccc(C(F)(F)F)cc3)no2)N(Cc2c[nH]c3ccccc23)C1. The number of aliphatic hydroxyl groups is 1. The molecule has 1 aliphatic heterocycles. The lowest BCUT2D eigenvalue weighted by Crippen LogP contribution is -2.24. The van der Waals surface area contributed by atoms with Gasteiger partial charge in [-0.05, 0) is 30.2 Å². The summed E-state index contributed by atoms with van der Waals surface area (Å²) in [6, 6.07) is 12.3. The first-order valence-electron chi connectivity index (χ1n) is 9.87. The van der Waals surface area contributed by atoms with Gasteiger partial charge in [0.2, 0.25) is 11.7 Å². The normalized spacial score (nSPS) is 20.0. The predicted octanol–water partition coefficient (Wildman–Crippen LogP) is 4.54. The molecule has 2 aromatic heterocycles. The van der Waals surface area contributed by atoms with Crippen molar-refractivity contribution in [2.45, 2.75) is 31.3 Å². The third-order valence-corrected chi connectivity index (χ3v) is 5.63. The van der Waals surface area contributed by atoms with Gasteiger partial charge in [0.05, 0.1) is 17.7 Å². The lowest BCUT2D eigenvalue weighted by Gasteiger charge is -2.20. The van der Waals surface area contributed by atoms with Gasteiger partial charge in [0.25, 0.3) is 0 Å². The number of rotatable bonds is 4. The van der Waals surface area contributed by atoms with Crippen LogP contribution in [0.3, 0.4) is 0 Å². The van der Waals surface area contributed by atoms with Crippen LogP contribution in [-0.2, 0) is 12.7 Å². The van der Waals surface area contributed by atoms with Gasteiger partial charge in [0.15, 0.2) is 0 Å². The van der Waals surface area contributed by atoms with Crippen LogP contribution in [0, 0.1) is 0 Å². The average molecular weight is 428 g/mol. The maximum Gasteiger partial charge on any atom is 0.416 e. The number of aromatic nitrogens is 3. The summed E-state index contributed by atoms with van der Waals surface area (Å²) in [5.41, 5.74) is 1.84. The largest absolute Gasteiger partial charge is 0.416 e. The molecule has 1 aliphatic rings. The van der Waals surface area contributed by atoms with Gasteiger partial charge in [0, 0.05) is 35.8 Å². The van der Waals surface area contributed by atoms with Gasteiger partial charge >= 0.3 is 6.18 Å². The molecule has 0 spiro atoms. The predicted molar refractivity (Wildman–Crippen MR) is 107 cm³/mol. The fraction of sp³-hybridized carbons (Fsp3) is 0.273. The molecule has 31 heavy (non-hydrogen) atoms. The third kappa shape index (κ3) is 3.82. The van der Waals surface area contributed by atoms with Crippen molar-refractivity contribution in [3.8, 4) is 11.4 Å². The first-order valence-corrected chi connectivity index (χ1v) is 9.87. The number of aliphatic hydroxyl groups excluding tert-OH is 1. The molecule has 160 valence electrons. The van der Waals surface area contributed by atoms with Crippen molar-refractivity contribution in [1.29, 1.82) is 0 Å². The molecule has 2 aromatic carbocycles. The van der Waals surface area contributed by atoms with E-state index < -0.39 is 17.8 Å². The van der Waals surface area contributed by atoms with Crippen LogP contribution in [0.15, 0.2) is 59.3 Å². The Hall–Kier alpha value is -3.17. The molecule has 6 nitrogen and oxygen atoms in total. The van der Waals surface area contributed by atoms with Crippen LogP contribution in [0.5, 0.6) is 0 Å².